The number of hydrogen-bond donors (Lipinski definition) is 4. The van der Waals surface area contributed by atoms with Gasteiger partial charge in [-0.15, -0.1) is 0 Å². The van der Waals surface area contributed by atoms with E-state index in [0.29, 0.717) is 24.4 Å². The summed E-state index contributed by atoms with van der Waals surface area (Å²) in [5, 5.41) is 13.2. The van der Waals surface area contributed by atoms with Gasteiger partial charge in [-0.05, 0) is 37.0 Å². The Balaban J connectivity index is 1.78. The number of rotatable bonds is 9. The second kappa shape index (κ2) is 10.1. The van der Waals surface area contributed by atoms with Crippen molar-refractivity contribution in [1.82, 2.24) is 10.6 Å². The monoisotopic (exact) mass is 383 g/mol. The molecule has 0 heterocycles. The molecule has 2 fully saturated rings. The average molecular weight is 383 g/mol. The number of carboxylic acid groups (broad SMARTS) is 1. The van der Waals surface area contributed by atoms with Crippen molar-refractivity contribution in [2.75, 3.05) is 13.2 Å². The maximum Gasteiger partial charge on any atom is 0.407 e. The first-order valence-electron chi connectivity index (χ1n) is 9.59. The molecule has 9 heteroatoms. The van der Waals surface area contributed by atoms with Crippen LogP contribution in [-0.2, 0) is 19.1 Å². The van der Waals surface area contributed by atoms with Gasteiger partial charge in [-0.25, -0.2) is 4.79 Å². The molecule has 0 spiro atoms. The van der Waals surface area contributed by atoms with E-state index in [4.69, 9.17) is 15.6 Å². The number of fused-ring (bicyclic) bond motifs is 1. The molecule has 0 bridgehead atoms. The molecule has 0 aromatic rings. The van der Waals surface area contributed by atoms with Crippen LogP contribution < -0.4 is 16.4 Å². The number of carbonyl (C=O) groups excluding carboxylic acids is 3. The molecular formula is C18H29N3O6. The Morgan fingerprint density at radius 1 is 1.07 bits per heavy atom. The van der Waals surface area contributed by atoms with Crippen LogP contribution in [0, 0.1) is 17.8 Å². The van der Waals surface area contributed by atoms with E-state index >= 15 is 0 Å². The molecule has 5 N–H and O–H groups in total. The molecule has 2 saturated carbocycles. The lowest BCUT2D eigenvalue weighted by Crippen LogP contribution is -2.48. The molecule has 0 aromatic heterocycles. The second-order valence-electron chi connectivity index (χ2n) is 7.40. The SMILES string of the molecule is NC(=O)CC[C@H](NC(=O)OCC1C2CCCCCCC21)C(=O)NCC(=O)O. The summed E-state index contributed by atoms with van der Waals surface area (Å²) >= 11 is 0. The Kier molecular flexibility index (Phi) is 7.87. The molecule has 3 amide bonds. The Morgan fingerprint density at radius 3 is 2.26 bits per heavy atom. The molecule has 3 atom stereocenters. The zero-order chi connectivity index (χ0) is 19.8. The summed E-state index contributed by atoms with van der Waals surface area (Å²) in [4.78, 5) is 45.6. The second-order valence-corrected chi connectivity index (χ2v) is 7.40. The van der Waals surface area contributed by atoms with Crippen molar-refractivity contribution >= 4 is 23.9 Å². The van der Waals surface area contributed by atoms with Crippen molar-refractivity contribution in [3.05, 3.63) is 0 Å². The highest BCUT2D eigenvalue weighted by Gasteiger charge is 2.49. The van der Waals surface area contributed by atoms with E-state index in [1.165, 1.54) is 38.5 Å². The van der Waals surface area contributed by atoms with Crippen LogP contribution in [0.15, 0.2) is 0 Å². The van der Waals surface area contributed by atoms with E-state index < -0.39 is 36.5 Å². The van der Waals surface area contributed by atoms with E-state index in [9.17, 15) is 19.2 Å². The zero-order valence-electron chi connectivity index (χ0n) is 15.4. The number of nitrogens with two attached hydrogens (primary N) is 1. The van der Waals surface area contributed by atoms with Gasteiger partial charge in [0.25, 0.3) is 0 Å². The van der Waals surface area contributed by atoms with Crippen LogP contribution in [0.1, 0.15) is 51.4 Å². The molecule has 152 valence electrons. The number of amides is 3. The Bertz CT molecular complexity index is 553. The normalized spacial score (nSPS) is 25.1. The summed E-state index contributed by atoms with van der Waals surface area (Å²) < 4.78 is 5.29. The van der Waals surface area contributed by atoms with Crippen LogP contribution in [0.5, 0.6) is 0 Å². The topological polar surface area (TPSA) is 148 Å². The fraction of sp³-hybridized carbons (Fsp3) is 0.778. The molecule has 27 heavy (non-hydrogen) atoms. The zero-order valence-corrected chi connectivity index (χ0v) is 15.4. The molecule has 2 aliphatic carbocycles. The molecule has 2 aliphatic rings. The first-order valence-corrected chi connectivity index (χ1v) is 9.59. The molecule has 0 radical (unpaired) electrons. The highest BCUT2D eigenvalue weighted by molar-refractivity contribution is 5.88. The molecular weight excluding hydrogens is 354 g/mol. The van der Waals surface area contributed by atoms with Gasteiger partial charge in [-0.3, -0.25) is 14.4 Å². The molecule has 0 saturated heterocycles. The van der Waals surface area contributed by atoms with Crippen LogP contribution >= 0.6 is 0 Å². The third-order valence-electron chi connectivity index (χ3n) is 5.44. The maximum atomic E-state index is 12.1. The van der Waals surface area contributed by atoms with E-state index in [0.717, 1.165) is 0 Å². The number of ether oxygens (including phenoxy) is 1. The summed E-state index contributed by atoms with van der Waals surface area (Å²) in [5.74, 6) is -0.870. The number of hydrogen-bond acceptors (Lipinski definition) is 5. The lowest BCUT2D eigenvalue weighted by atomic mass is 10.0. The molecule has 9 nitrogen and oxygen atoms in total. The Hall–Kier alpha value is -2.32. The minimum Gasteiger partial charge on any atom is -0.480 e. The van der Waals surface area contributed by atoms with Gasteiger partial charge in [0.15, 0.2) is 0 Å². The predicted octanol–water partition coefficient (Wildman–Crippen LogP) is 0.764. The third kappa shape index (κ3) is 7.07. The number of primary amides is 1. The number of carboxylic acids is 1. The summed E-state index contributed by atoms with van der Waals surface area (Å²) in [6, 6.07) is -1.07. The lowest BCUT2D eigenvalue weighted by molar-refractivity contribution is -0.138. The van der Waals surface area contributed by atoms with E-state index in [-0.39, 0.29) is 12.8 Å². The molecule has 2 rings (SSSR count). The fourth-order valence-electron chi connectivity index (χ4n) is 3.94. The van der Waals surface area contributed by atoms with Crippen LogP contribution in [0.25, 0.3) is 0 Å². The number of nitrogens with one attached hydrogen (secondary N) is 2. The van der Waals surface area contributed by atoms with Crippen molar-refractivity contribution in [2.45, 2.75) is 57.4 Å². The van der Waals surface area contributed by atoms with Crippen molar-refractivity contribution in [2.24, 2.45) is 23.5 Å². The molecule has 0 aromatic carbocycles. The average Bonchev–Trinajstić information content (AvgIpc) is 3.23. The number of aliphatic carboxylic acids is 1. The summed E-state index contributed by atoms with van der Waals surface area (Å²) in [6.45, 7) is -0.255. The largest absolute Gasteiger partial charge is 0.480 e. The van der Waals surface area contributed by atoms with Crippen LogP contribution in [0.3, 0.4) is 0 Å². The summed E-state index contributed by atoms with van der Waals surface area (Å²) in [7, 11) is 0. The minimum absolute atomic E-state index is 0.0232. The Morgan fingerprint density at radius 2 is 1.70 bits per heavy atom. The number of carbonyl (C=O) groups is 4. The lowest BCUT2D eigenvalue weighted by Gasteiger charge is -2.17. The van der Waals surface area contributed by atoms with E-state index in [1.807, 2.05) is 0 Å². The summed E-state index contributed by atoms with van der Waals surface area (Å²) in [5.41, 5.74) is 5.08. The minimum atomic E-state index is -1.21. The van der Waals surface area contributed by atoms with Gasteiger partial charge < -0.3 is 26.2 Å². The first-order chi connectivity index (χ1) is 12.9. The predicted molar refractivity (Wildman–Crippen MR) is 95.5 cm³/mol. The van der Waals surface area contributed by atoms with Gasteiger partial charge in [0.2, 0.25) is 11.8 Å². The van der Waals surface area contributed by atoms with Crippen molar-refractivity contribution in [3.63, 3.8) is 0 Å². The van der Waals surface area contributed by atoms with Gasteiger partial charge in [0.05, 0.1) is 6.61 Å². The van der Waals surface area contributed by atoms with Crippen molar-refractivity contribution < 1.29 is 29.0 Å². The van der Waals surface area contributed by atoms with Gasteiger partial charge in [0.1, 0.15) is 12.6 Å². The van der Waals surface area contributed by atoms with E-state index in [2.05, 4.69) is 10.6 Å². The highest BCUT2D eigenvalue weighted by Crippen LogP contribution is 2.53. The van der Waals surface area contributed by atoms with Gasteiger partial charge in [0, 0.05) is 6.42 Å². The molecule has 2 unspecified atom stereocenters. The highest BCUT2D eigenvalue weighted by atomic mass is 16.5. The van der Waals surface area contributed by atoms with Crippen LogP contribution in [-0.4, -0.2) is 48.2 Å². The van der Waals surface area contributed by atoms with Crippen molar-refractivity contribution in [3.8, 4) is 0 Å². The quantitative estimate of drug-likeness (QED) is 0.462. The maximum absolute atomic E-state index is 12.1. The van der Waals surface area contributed by atoms with Crippen molar-refractivity contribution in [1.29, 1.82) is 0 Å². The smallest absolute Gasteiger partial charge is 0.407 e. The van der Waals surface area contributed by atoms with Gasteiger partial charge in [-0.1, -0.05) is 25.7 Å². The Labute approximate surface area is 158 Å². The van der Waals surface area contributed by atoms with Crippen LogP contribution in [0.2, 0.25) is 0 Å². The summed E-state index contributed by atoms with van der Waals surface area (Å²) in [6.07, 6.45) is 6.47. The van der Waals surface area contributed by atoms with Crippen LogP contribution in [0.4, 0.5) is 4.79 Å². The standard InChI is InChI=1S/C18H29N3O6/c19-15(22)8-7-14(17(25)20-9-16(23)24)21-18(26)27-10-13-11-5-3-1-2-4-6-12(11)13/h11-14H,1-10H2,(H2,19,22)(H,20,25)(H,21,26)(H,23,24)/t11?,12?,13?,14-/m0/s1. The van der Waals surface area contributed by atoms with E-state index in [1.54, 1.807) is 0 Å². The van der Waals surface area contributed by atoms with Gasteiger partial charge in [-0.2, -0.15) is 0 Å². The molecule has 0 aliphatic heterocycles. The third-order valence-corrected chi connectivity index (χ3v) is 5.44. The van der Waals surface area contributed by atoms with Gasteiger partial charge >= 0.3 is 12.1 Å². The number of alkyl carbamates (subject to hydrolysis) is 1. The first kappa shape index (κ1) is 21.0. The fourth-order valence-corrected chi connectivity index (χ4v) is 3.94.